The van der Waals surface area contributed by atoms with Crippen molar-refractivity contribution in [3.8, 4) is 17.2 Å². The summed E-state index contributed by atoms with van der Waals surface area (Å²) >= 11 is 1.50. The van der Waals surface area contributed by atoms with Gasteiger partial charge >= 0.3 is 5.97 Å². The van der Waals surface area contributed by atoms with Crippen LogP contribution in [-0.2, 0) is 10.0 Å². The molecule has 3 aromatic rings. The van der Waals surface area contributed by atoms with Crippen LogP contribution in [0.15, 0.2) is 76.5 Å². The number of hydrogen-bond donors (Lipinski definition) is 2. The number of aryl methyl sites for hydroxylation is 1. The van der Waals surface area contributed by atoms with Crippen molar-refractivity contribution < 1.29 is 27.8 Å². The Hall–Kier alpha value is -3.01. The molecule has 3 rings (SSSR count). The lowest BCUT2D eigenvalue weighted by Gasteiger charge is -2.11. The number of benzene rings is 3. The van der Waals surface area contributed by atoms with E-state index in [2.05, 4.69) is 4.72 Å². The van der Waals surface area contributed by atoms with Gasteiger partial charge in [0, 0.05) is 17.2 Å². The Kier molecular flexibility index (Phi) is 8.60. The topological polar surface area (TPSA) is 102 Å². The molecule has 0 amide bonds. The van der Waals surface area contributed by atoms with Gasteiger partial charge in [-0.15, -0.1) is 11.8 Å². The number of sulfonamides is 1. The van der Waals surface area contributed by atoms with Crippen molar-refractivity contribution in [3.63, 3.8) is 0 Å². The fourth-order valence-corrected chi connectivity index (χ4v) is 4.98. The van der Waals surface area contributed by atoms with E-state index >= 15 is 0 Å². The maximum absolute atomic E-state index is 12.5. The van der Waals surface area contributed by atoms with Crippen molar-refractivity contribution in [2.24, 2.45) is 0 Å². The normalized spacial score (nSPS) is 11.4. The Morgan fingerprint density at radius 1 is 0.971 bits per heavy atom. The third-order valence-corrected chi connectivity index (χ3v) is 7.14. The van der Waals surface area contributed by atoms with Gasteiger partial charge in [-0.2, -0.15) is 0 Å². The van der Waals surface area contributed by atoms with Crippen LogP contribution in [0.1, 0.15) is 29.8 Å². The van der Waals surface area contributed by atoms with Gasteiger partial charge < -0.3 is 14.6 Å². The molecule has 180 valence electrons. The molecule has 0 bridgehead atoms. The molecule has 34 heavy (non-hydrogen) atoms. The van der Waals surface area contributed by atoms with Crippen LogP contribution in [0.25, 0.3) is 0 Å². The van der Waals surface area contributed by atoms with Crippen molar-refractivity contribution in [3.05, 3.63) is 77.9 Å². The molecule has 0 radical (unpaired) electrons. The second-order valence-corrected chi connectivity index (χ2v) is 10.7. The summed E-state index contributed by atoms with van der Waals surface area (Å²) in [6, 6.07) is 19.0. The summed E-state index contributed by atoms with van der Waals surface area (Å²) in [5.41, 5.74) is 0.478. The molecule has 0 aliphatic heterocycles. The number of hydrogen-bond acceptors (Lipinski definition) is 6. The molecule has 0 aliphatic rings. The van der Waals surface area contributed by atoms with Crippen molar-refractivity contribution in [1.82, 2.24) is 4.72 Å². The van der Waals surface area contributed by atoms with Crippen molar-refractivity contribution in [2.45, 2.75) is 36.7 Å². The molecule has 0 aromatic heterocycles. The van der Waals surface area contributed by atoms with E-state index in [-0.39, 0.29) is 23.1 Å². The smallest absolute Gasteiger partial charge is 0.335 e. The summed E-state index contributed by atoms with van der Waals surface area (Å²) in [4.78, 5) is 12.2. The molecule has 0 unspecified atom stereocenters. The minimum atomic E-state index is -3.79. The highest BCUT2D eigenvalue weighted by molar-refractivity contribution is 7.99. The molecule has 0 fully saturated rings. The van der Waals surface area contributed by atoms with Gasteiger partial charge in [-0.05, 0) is 87.0 Å². The van der Waals surface area contributed by atoms with Gasteiger partial charge in [-0.1, -0.05) is 6.07 Å². The zero-order valence-electron chi connectivity index (χ0n) is 19.1. The molecule has 0 saturated carbocycles. The van der Waals surface area contributed by atoms with Crippen LogP contribution in [0.4, 0.5) is 0 Å². The zero-order valence-corrected chi connectivity index (χ0v) is 20.8. The predicted molar refractivity (Wildman–Crippen MR) is 133 cm³/mol. The Labute approximate surface area is 204 Å². The molecular weight excluding hydrogens is 474 g/mol. The Bertz CT molecular complexity index is 1220. The average Bonchev–Trinajstić information content (AvgIpc) is 2.79. The van der Waals surface area contributed by atoms with Gasteiger partial charge in [0.2, 0.25) is 10.0 Å². The number of thioether (sulfide) groups is 1. The third-order valence-electron chi connectivity index (χ3n) is 4.67. The van der Waals surface area contributed by atoms with Gasteiger partial charge in [0.25, 0.3) is 0 Å². The van der Waals surface area contributed by atoms with Crippen molar-refractivity contribution in [2.75, 3.05) is 12.3 Å². The molecule has 3 aromatic carbocycles. The molecule has 0 heterocycles. The summed E-state index contributed by atoms with van der Waals surface area (Å²) in [5, 5.41) is 9.20. The monoisotopic (exact) mass is 501 g/mol. The van der Waals surface area contributed by atoms with Crippen LogP contribution in [0.3, 0.4) is 0 Å². The largest absolute Gasteiger partial charge is 0.491 e. The van der Waals surface area contributed by atoms with Crippen LogP contribution in [0, 0.1) is 6.92 Å². The van der Waals surface area contributed by atoms with Gasteiger partial charge in [-0.25, -0.2) is 17.9 Å². The van der Waals surface area contributed by atoms with Gasteiger partial charge in [0.05, 0.1) is 16.6 Å². The van der Waals surface area contributed by atoms with E-state index in [1.807, 2.05) is 62.4 Å². The number of carboxylic acid groups (broad SMARTS) is 1. The molecule has 9 heteroatoms. The highest BCUT2D eigenvalue weighted by Gasteiger charge is 2.17. The summed E-state index contributed by atoms with van der Waals surface area (Å²) in [6.07, 6.45) is 0.111. The fraction of sp³-hybridized carbons (Fsp3) is 0.240. The summed E-state index contributed by atoms with van der Waals surface area (Å²) < 4.78 is 39.0. The molecule has 0 spiro atoms. The van der Waals surface area contributed by atoms with Crippen LogP contribution < -0.4 is 14.2 Å². The average molecular weight is 502 g/mol. The Balaban J connectivity index is 1.49. The maximum atomic E-state index is 12.5. The van der Waals surface area contributed by atoms with E-state index in [1.54, 1.807) is 6.92 Å². The Morgan fingerprint density at radius 2 is 1.56 bits per heavy atom. The maximum Gasteiger partial charge on any atom is 0.335 e. The number of nitrogens with one attached hydrogen (secondary N) is 1. The van der Waals surface area contributed by atoms with Gasteiger partial charge in [0.1, 0.15) is 17.2 Å². The van der Waals surface area contributed by atoms with Crippen LogP contribution in [0.2, 0.25) is 0 Å². The first-order chi connectivity index (χ1) is 16.1. The van der Waals surface area contributed by atoms with Gasteiger partial charge in [-0.3, -0.25) is 0 Å². The van der Waals surface area contributed by atoms with E-state index < -0.39 is 16.0 Å². The van der Waals surface area contributed by atoms with Crippen LogP contribution in [-0.4, -0.2) is 37.9 Å². The van der Waals surface area contributed by atoms with E-state index in [9.17, 15) is 18.3 Å². The Morgan fingerprint density at radius 3 is 2.15 bits per heavy atom. The minimum Gasteiger partial charge on any atom is -0.491 e. The number of carboxylic acids is 1. The molecular formula is C25H27NO6S2. The summed E-state index contributed by atoms with van der Waals surface area (Å²) in [5.74, 6) is 1.53. The van der Waals surface area contributed by atoms with E-state index in [0.717, 1.165) is 10.6 Å². The number of rotatable bonds is 11. The lowest BCUT2D eigenvalue weighted by molar-refractivity contribution is 0.0696. The molecule has 7 nitrogen and oxygen atoms in total. The summed E-state index contributed by atoms with van der Waals surface area (Å²) in [7, 11) is -3.79. The second kappa shape index (κ2) is 11.4. The van der Waals surface area contributed by atoms with Crippen molar-refractivity contribution in [1.29, 1.82) is 0 Å². The highest BCUT2D eigenvalue weighted by atomic mass is 32.2. The minimum absolute atomic E-state index is 0.0283. The predicted octanol–water partition coefficient (Wildman–Crippen LogP) is 5.34. The first-order valence-electron chi connectivity index (χ1n) is 10.6. The van der Waals surface area contributed by atoms with E-state index in [4.69, 9.17) is 9.47 Å². The lowest BCUT2D eigenvalue weighted by atomic mass is 10.1. The van der Waals surface area contributed by atoms with Gasteiger partial charge in [0.15, 0.2) is 0 Å². The quantitative estimate of drug-likeness (QED) is 0.270. The molecule has 0 saturated heterocycles. The van der Waals surface area contributed by atoms with Crippen LogP contribution >= 0.6 is 11.8 Å². The number of aromatic carboxylic acids is 1. The summed E-state index contributed by atoms with van der Waals surface area (Å²) in [6.45, 7) is 5.77. The number of ether oxygens (including phenoxy) is 2. The molecule has 0 aliphatic carbocycles. The first-order valence-corrected chi connectivity index (χ1v) is 13.1. The zero-order chi connectivity index (χ0) is 24.7. The van der Waals surface area contributed by atoms with E-state index in [1.165, 1.54) is 30.0 Å². The fourth-order valence-electron chi connectivity index (χ4n) is 3.03. The third kappa shape index (κ3) is 7.24. The van der Waals surface area contributed by atoms with Crippen LogP contribution in [0.5, 0.6) is 17.2 Å². The molecule has 2 N–H and O–H groups in total. The standard InChI is InChI=1S/C25H27NO6S2/c1-17(2)31-19-5-7-20(8-6-19)32-21-9-11-22(12-10-21)33-15-14-26-34(29,30)23-13-4-18(3)24(16-23)25(27)28/h4-13,16-17,26H,14-15H2,1-3H3,(H,27,28). The number of carbonyl (C=O) groups is 1. The molecule has 0 atom stereocenters. The first kappa shape index (κ1) is 25.6. The van der Waals surface area contributed by atoms with Crippen molar-refractivity contribution >= 4 is 27.8 Å². The lowest BCUT2D eigenvalue weighted by Crippen LogP contribution is -2.26. The SMILES string of the molecule is Cc1ccc(S(=O)(=O)NCCSc2ccc(Oc3ccc(OC(C)C)cc3)cc2)cc1C(=O)O. The second-order valence-electron chi connectivity index (χ2n) is 7.74. The van der Waals surface area contributed by atoms with E-state index in [0.29, 0.717) is 22.8 Å². The highest BCUT2D eigenvalue weighted by Crippen LogP contribution is 2.27.